The highest BCUT2D eigenvalue weighted by molar-refractivity contribution is 7.98. The molecule has 102 valence electrons. The average molecular weight is 267 g/mol. The van der Waals surface area contributed by atoms with Gasteiger partial charge in [-0.15, -0.1) is 0 Å². The molecule has 0 saturated carbocycles. The Bertz CT molecular complexity index is 366. The number of hydrogen-bond donors (Lipinski definition) is 1. The number of thioether (sulfide) groups is 1. The number of aromatic nitrogens is 1. The molecule has 1 aromatic heterocycles. The van der Waals surface area contributed by atoms with Crippen molar-refractivity contribution in [2.24, 2.45) is 0 Å². The molecule has 1 N–H and O–H groups in total. The van der Waals surface area contributed by atoms with E-state index in [1.807, 2.05) is 18.8 Å². The Labute approximate surface area is 115 Å². The summed E-state index contributed by atoms with van der Waals surface area (Å²) in [7, 11) is 4.10. The van der Waals surface area contributed by atoms with Crippen molar-refractivity contribution in [2.75, 3.05) is 37.5 Å². The highest BCUT2D eigenvalue weighted by Gasteiger charge is 2.09. The Morgan fingerprint density at radius 3 is 2.67 bits per heavy atom. The summed E-state index contributed by atoms with van der Waals surface area (Å²) in [6.45, 7) is 6.31. The van der Waals surface area contributed by atoms with Crippen LogP contribution in [0.5, 0.6) is 0 Å². The molecule has 0 bridgehead atoms. The highest BCUT2D eigenvalue weighted by atomic mass is 32.2. The second kappa shape index (κ2) is 7.64. The zero-order valence-corrected chi connectivity index (χ0v) is 13.0. The maximum absolute atomic E-state index is 4.76. The number of nitrogens with one attached hydrogen (secondary N) is 1. The third-order valence-corrected chi connectivity index (χ3v) is 3.48. The summed E-state index contributed by atoms with van der Waals surface area (Å²) in [4.78, 5) is 6.99. The van der Waals surface area contributed by atoms with Crippen molar-refractivity contribution in [3.8, 4) is 0 Å². The summed E-state index contributed by atoms with van der Waals surface area (Å²) in [5, 5.41) is 3.21. The SMILES string of the molecule is CNCc1cc(C(C)C)nc(N(C)CCSC)c1. The molecule has 18 heavy (non-hydrogen) atoms. The largest absolute Gasteiger partial charge is 0.359 e. The predicted molar refractivity (Wildman–Crippen MR) is 82.7 cm³/mol. The van der Waals surface area contributed by atoms with Crippen molar-refractivity contribution < 1.29 is 0 Å². The molecule has 0 aliphatic rings. The minimum atomic E-state index is 0.467. The van der Waals surface area contributed by atoms with Crippen LogP contribution in [0.15, 0.2) is 12.1 Å². The number of pyridine rings is 1. The van der Waals surface area contributed by atoms with Gasteiger partial charge in [0.05, 0.1) is 0 Å². The van der Waals surface area contributed by atoms with Crippen molar-refractivity contribution in [3.05, 3.63) is 23.4 Å². The molecule has 0 aromatic carbocycles. The van der Waals surface area contributed by atoms with Crippen LogP contribution in [0, 0.1) is 0 Å². The summed E-state index contributed by atoms with van der Waals surface area (Å²) >= 11 is 1.87. The van der Waals surface area contributed by atoms with Gasteiger partial charge >= 0.3 is 0 Å². The van der Waals surface area contributed by atoms with Gasteiger partial charge in [0.2, 0.25) is 0 Å². The molecule has 0 aliphatic carbocycles. The van der Waals surface area contributed by atoms with E-state index in [0.717, 1.165) is 24.7 Å². The Balaban J connectivity index is 2.94. The molecule has 0 saturated heterocycles. The summed E-state index contributed by atoms with van der Waals surface area (Å²) in [5.74, 6) is 2.68. The second-order valence-electron chi connectivity index (χ2n) is 4.86. The molecule has 0 fully saturated rings. The zero-order valence-electron chi connectivity index (χ0n) is 12.2. The summed E-state index contributed by atoms with van der Waals surface area (Å²) in [6.07, 6.45) is 2.14. The van der Waals surface area contributed by atoms with Crippen molar-refractivity contribution in [2.45, 2.75) is 26.3 Å². The van der Waals surface area contributed by atoms with Gasteiger partial charge in [-0.25, -0.2) is 4.98 Å². The van der Waals surface area contributed by atoms with E-state index in [-0.39, 0.29) is 0 Å². The van der Waals surface area contributed by atoms with E-state index in [0.29, 0.717) is 5.92 Å². The fourth-order valence-electron chi connectivity index (χ4n) is 1.73. The van der Waals surface area contributed by atoms with Crippen LogP contribution in [-0.2, 0) is 6.54 Å². The molecule has 0 spiro atoms. The highest BCUT2D eigenvalue weighted by Crippen LogP contribution is 2.19. The normalized spacial score (nSPS) is 11.0. The summed E-state index contributed by atoms with van der Waals surface area (Å²) in [5.41, 5.74) is 2.48. The van der Waals surface area contributed by atoms with Gasteiger partial charge < -0.3 is 10.2 Å². The van der Waals surface area contributed by atoms with Crippen molar-refractivity contribution >= 4 is 17.6 Å². The molecular weight excluding hydrogens is 242 g/mol. The smallest absolute Gasteiger partial charge is 0.128 e. The lowest BCUT2D eigenvalue weighted by molar-refractivity contribution is 0.781. The predicted octanol–water partition coefficient (Wildman–Crippen LogP) is 2.72. The maximum atomic E-state index is 4.76. The first kappa shape index (κ1) is 15.3. The molecule has 4 heteroatoms. The van der Waals surface area contributed by atoms with E-state index in [9.17, 15) is 0 Å². The maximum Gasteiger partial charge on any atom is 0.128 e. The van der Waals surface area contributed by atoms with E-state index >= 15 is 0 Å². The lowest BCUT2D eigenvalue weighted by atomic mass is 10.1. The van der Waals surface area contributed by atoms with Crippen LogP contribution in [-0.4, -0.2) is 37.6 Å². The van der Waals surface area contributed by atoms with Gasteiger partial charge in [0.25, 0.3) is 0 Å². The summed E-state index contributed by atoms with van der Waals surface area (Å²) in [6, 6.07) is 4.38. The number of rotatable bonds is 7. The molecular formula is C14H25N3S. The molecule has 1 rings (SSSR count). The number of anilines is 1. The molecule has 0 atom stereocenters. The molecule has 0 aliphatic heterocycles. The van der Waals surface area contributed by atoms with Gasteiger partial charge in [0, 0.05) is 31.6 Å². The average Bonchev–Trinajstić information content (AvgIpc) is 2.35. The third-order valence-electron chi connectivity index (χ3n) is 2.89. The van der Waals surface area contributed by atoms with Gasteiger partial charge in [-0.2, -0.15) is 11.8 Å². The number of hydrogen-bond acceptors (Lipinski definition) is 4. The minimum Gasteiger partial charge on any atom is -0.359 e. The van der Waals surface area contributed by atoms with Crippen LogP contribution in [0.2, 0.25) is 0 Å². The van der Waals surface area contributed by atoms with E-state index in [4.69, 9.17) is 4.98 Å². The molecule has 1 heterocycles. The standard InChI is InChI=1S/C14H25N3S/c1-11(2)13-8-12(10-15-3)9-14(16-13)17(4)6-7-18-5/h8-9,11,15H,6-7,10H2,1-5H3. The molecule has 0 unspecified atom stereocenters. The van der Waals surface area contributed by atoms with Gasteiger partial charge in [0.15, 0.2) is 0 Å². The molecule has 0 amide bonds. The Morgan fingerprint density at radius 1 is 1.39 bits per heavy atom. The first-order valence-corrected chi connectivity index (χ1v) is 7.83. The van der Waals surface area contributed by atoms with Crippen LogP contribution in [0.25, 0.3) is 0 Å². The van der Waals surface area contributed by atoms with Gasteiger partial charge in [-0.05, 0) is 36.9 Å². The quantitative estimate of drug-likeness (QED) is 0.822. The molecule has 0 radical (unpaired) electrons. The lowest BCUT2D eigenvalue weighted by Crippen LogP contribution is -2.22. The van der Waals surface area contributed by atoms with Crippen LogP contribution < -0.4 is 10.2 Å². The third kappa shape index (κ3) is 4.50. The van der Waals surface area contributed by atoms with E-state index < -0.39 is 0 Å². The number of nitrogens with zero attached hydrogens (tertiary/aromatic N) is 2. The van der Waals surface area contributed by atoms with E-state index in [1.54, 1.807) is 0 Å². The van der Waals surface area contributed by atoms with E-state index in [1.165, 1.54) is 11.3 Å². The molecule has 3 nitrogen and oxygen atoms in total. The van der Waals surface area contributed by atoms with Gasteiger partial charge in [-0.3, -0.25) is 0 Å². The fraction of sp³-hybridized carbons (Fsp3) is 0.643. The molecule has 1 aromatic rings. The zero-order chi connectivity index (χ0) is 13.5. The Hall–Kier alpha value is -0.740. The lowest BCUT2D eigenvalue weighted by Gasteiger charge is -2.20. The fourth-order valence-corrected chi connectivity index (χ4v) is 2.19. The first-order chi connectivity index (χ1) is 8.58. The Morgan fingerprint density at radius 2 is 2.11 bits per heavy atom. The van der Waals surface area contributed by atoms with Crippen LogP contribution in [0.1, 0.15) is 31.0 Å². The van der Waals surface area contributed by atoms with Crippen molar-refractivity contribution in [1.29, 1.82) is 0 Å². The van der Waals surface area contributed by atoms with Crippen LogP contribution in [0.3, 0.4) is 0 Å². The topological polar surface area (TPSA) is 28.2 Å². The van der Waals surface area contributed by atoms with Gasteiger partial charge in [-0.1, -0.05) is 13.8 Å². The second-order valence-corrected chi connectivity index (χ2v) is 5.84. The minimum absolute atomic E-state index is 0.467. The van der Waals surface area contributed by atoms with Crippen molar-refractivity contribution in [3.63, 3.8) is 0 Å². The monoisotopic (exact) mass is 267 g/mol. The van der Waals surface area contributed by atoms with Crippen LogP contribution >= 0.6 is 11.8 Å². The van der Waals surface area contributed by atoms with Gasteiger partial charge in [0.1, 0.15) is 5.82 Å². The van der Waals surface area contributed by atoms with Crippen molar-refractivity contribution in [1.82, 2.24) is 10.3 Å². The van der Waals surface area contributed by atoms with Crippen LogP contribution in [0.4, 0.5) is 5.82 Å². The summed E-state index contributed by atoms with van der Waals surface area (Å²) < 4.78 is 0. The van der Waals surface area contributed by atoms with E-state index in [2.05, 4.69) is 49.5 Å². The Kier molecular flexibility index (Phi) is 6.50. The first-order valence-electron chi connectivity index (χ1n) is 6.44.